The SMILES string of the molecule is O=C1CC(NC(=O)Nc2sccc2C(=O)O)CN1. The molecule has 1 aromatic heterocycles. The second kappa shape index (κ2) is 5.05. The summed E-state index contributed by atoms with van der Waals surface area (Å²) >= 11 is 1.13. The lowest BCUT2D eigenvalue weighted by Crippen LogP contribution is -2.39. The zero-order chi connectivity index (χ0) is 13.1. The highest BCUT2D eigenvalue weighted by atomic mass is 32.1. The first-order valence-corrected chi connectivity index (χ1v) is 6.09. The topological polar surface area (TPSA) is 108 Å². The van der Waals surface area contributed by atoms with Gasteiger partial charge in [-0.05, 0) is 11.4 Å². The Morgan fingerprint density at radius 2 is 2.28 bits per heavy atom. The van der Waals surface area contributed by atoms with Crippen LogP contribution < -0.4 is 16.0 Å². The van der Waals surface area contributed by atoms with E-state index in [9.17, 15) is 14.4 Å². The third kappa shape index (κ3) is 2.77. The van der Waals surface area contributed by atoms with Gasteiger partial charge in [0.25, 0.3) is 0 Å². The first-order chi connectivity index (χ1) is 8.56. The Balaban J connectivity index is 1.93. The predicted molar refractivity (Wildman–Crippen MR) is 64.8 cm³/mol. The van der Waals surface area contributed by atoms with Crippen LogP contribution in [0.4, 0.5) is 9.80 Å². The molecular weight excluding hydrogens is 258 g/mol. The third-order valence-corrected chi connectivity index (χ3v) is 3.27. The normalized spacial score (nSPS) is 18.2. The molecule has 2 heterocycles. The Bertz CT molecular complexity index is 499. The molecule has 1 unspecified atom stereocenters. The van der Waals surface area contributed by atoms with E-state index in [0.29, 0.717) is 6.54 Å². The summed E-state index contributed by atoms with van der Waals surface area (Å²) in [6.07, 6.45) is 0.240. The van der Waals surface area contributed by atoms with Crippen LogP contribution in [0.3, 0.4) is 0 Å². The lowest BCUT2D eigenvalue weighted by atomic mass is 10.2. The maximum atomic E-state index is 11.6. The molecule has 0 aromatic carbocycles. The molecule has 1 fully saturated rings. The number of carbonyl (C=O) groups excluding carboxylic acids is 2. The van der Waals surface area contributed by atoms with Gasteiger partial charge in [0.1, 0.15) is 5.00 Å². The minimum absolute atomic E-state index is 0.0516. The van der Waals surface area contributed by atoms with Gasteiger partial charge in [-0.1, -0.05) is 0 Å². The third-order valence-electron chi connectivity index (χ3n) is 2.44. The molecule has 0 radical (unpaired) electrons. The van der Waals surface area contributed by atoms with Crippen LogP contribution in [0.2, 0.25) is 0 Å². The van der Waals surface area contributed by atoms with Crippen molar-refractivity contribution >= 4 is 34.2 Å². The Labute approximate surface area is 106 Å². The fourth-order valence-electron chi connectivity index (χ4n) is 1.61. The molecule has 0 bridgehead atoms. The summed E-state index contributed by atoms with van der Waals surface area (Å²) in [5.74, 6) is -1.20. The Morgan fingerprint density at radius 3 is 2.89 bits per heavy atom. The molecule has 96 valence electrons. The van der Waals surface area contributed by atoms with Crippen molar-refractivity contribution in [1.29, 1.82) is 0 Å². The molecular formula is C10H11N3O4S. The maximum Gasteiger partial charge on any atom is 0.338 e. The number of thiophene rings is 1. The summed E-state index contributed by atoms with van der Waals surface area (Å²) in [5, 5.41) is 18.4. The summed E-state index contributed by atoms with van der Waals surface area (Å²) in [6.45, 7) is 0.391. The minimum atomic E-state index is -1.09. The number of aromatic carboxylic acids is 1. The summed E-state index contributed by atoms with van der Waals surface area (Å²) in [7, 11) is 0. The largest absolute Gasteiger partial charge is 0.478 e. The van der Waals surface area contributed by atoms with Crippen LogP contribution in [0.25, 0.3) is 0 Å². The molecule has 7 nitrogen and oxygen atoms in total. The first-order valence-electron chi connectivity index (χ1n) is 5.21. The Hall–Kier alpha value is -2.09. The number of hydrogen-bond donors (Lipinski definition) is 4. The molecule has 1 aliphatic rings. The molecule has 2 rings (SSSR count). The molecule has 1 saturated heterocycles. The number of urea groups is 1. The van der Waals surface area contributed by atoms with Gasteiger partial charge in [0.2, 0.25) is 5.91 Å². The Kier molecular flexibility index (Phi) is 3.47. The molecule has 18 heavy (non-hydrogen) atoms. The molecule has 0 spiro atoms. The van der Waals surface area contributed by atoms with E-state index in [1.54, 1.807) is 5.38 Å². The van der Waals surface area contributed by atoms with E-state index in [1.165, 1.54) is 6.07 Å². The Morgan fingerprint density at radius 1 is 1.50 bits per heavy atom. The molecule has 0 saturated carbocycles. The van der Waals surface area contributed by atoms with Gasteiger partial charge in [-0.3, -0.25) is 10.1 Å². The number of anilines is 1. The monoisotopic (exact) mass is 269 g/mol. The van der Waals surface area contributed by atoms with E-state index in [-0.39, 0.29) is 28.9 Å². The average molecular weight is 269 g/mol. The lowest BCUT2D eigenvalue weighted by molar-refractivity contribution is -0.119. The van der Waals surface area contributed by atoms with Crippen LogP contribution in [0.1, 0.15) is 16.8 Å². The van der Waals surface area contributed by atoms with Gasteiger partial charge in [-0.25, -0.2) is 9.59 Å². The minimum Gasteiger partial charge on any atom is -0.478 e. The van der Waals surface area contributed by atoms with Gasteiger partial charge in [0.15, 0.2) is 0 Å². The van der Waals surface area contributed by atoms with Crippen molar-refractivity contribution in [2.75, 3.05) is 11.9 Å². The fourth-order valence-corrected chi connectivity index (χ4v) is 2.38. The molecule has 1 aromatic rings. The molecule has 1 atom stereocenters. The zero-order valence-electron chi connectivity index (χ0n) is 9.23. The van der Waals surface area contributed by atoms with Gasteiger partial charge in [0.05, 0.1) is 11.6 Å². The number of amides is 3. The molecule has 1 aliphatic heterocycles. The molecule has 3 amide bonds. The van der Waals surface area contributed by atoms with Crippen LogP contribution in [0, 0.1) is 0 Å². The lowest BCUT2D eigenvalue weighted by Gasteiger charge is -2.11. The number of carboxylic acids is 1. The average Bonchev–Trinajstić information content (AvgIpc) is 2.87. The predicted octanol–water partition coefficient (Wildman–Crippen LogP) is 0.456. The van der Waals surface area contributed by atoms with Gasteiger partial charge in [-0.2, -0.15) is 0 Å². The second-order valence-corrected chi connectivity index (χ2v) is 4.69. The van der Waals surface area contributed by atoms with Gasteiger partial charge >= 0.3 is 12.0 Å². The van der Waals surface area contributed by atoms with Gasteiger partial charge in [0, 0.05) is 13.0 Å². The smallest absolute Gasteiger partial charge is 0.338 e. The van der Waals surface area contributed by atoms with Crippen LogP contribution in [-0.2, 0) is 4.79 Å². The second-order valence-electron chi connectivity index (χ2n) is 3.77. The van der Waals surface area contributed by atoms with Crippen molar-refractivity contribution in [3.8, 4) is 0 Å². The van der Waals surface area contributed by atoms with Gasteiger partial charge in [-0.15, -0.1) is 11.3 Å². The van der Waals surface area contributed by atoms with E-state index in [4.69, 9.17) is 5.11 Å². The summed E-state index contributed by atoms with van der Waals surface area (Å²) in [4.78, 5) is 33.4. The standard InChI is InChI=1S/C10H11N3O4S/c14-7-3-5(4-11-7)12-10(17)13-8-6(9(15)16)1-2-18-8/h1-2,5H,3-4H2,(H,11,14)(H,15,16)(H2,12,13,17). The molecule has 8 heteroatoms. The first kappa shape index (κ1) is 12.4. The van der Waals surface area contributed by atoms with Crippen molar-refractivity contribution < 1.29 is 19.5 Å². The van der Waals surface area contributed by atoms with E-state index in [1.807, 2.05) is 0 Å². The van der Waals surface area contributed by atoms with Crippen LogP contribution in [0.5, 0.6) is 0 Å². The van der Waals surface area contributed by atoms with E-state index >= 15 is 0 Å². The fraction of sp³-hybridized carbons (Fsp3) is 0.300. The molecule has 0 aliphatic carbocycles. The van der Waals surface area contributed by atoms with Crippen molar-refractivity contribution in [1.82, 2.24) is 10.6 Å². The van der Waals surface area contributed by atoms with E-state index < -0.39 is 12.0 Å². The van der Waals surface area contributed by atoms with Crippen molar-refractivity contribution in [3.63, 3.8) is 0 Å². The van der Waals surface area contributed by atoms with Crippen molar-refractivity contribution in [3.05, 3.63) is 17.0 Å². The van der Waals surface area contributed by atoms with Crippen molar-refractivity contribution in [2.45, 2.75) is 12.5 Å². The summed E-state index contributed by atoms with van der Waals surface area (Å²) in [5.41, 5.74) is 0.0516. The quantitative estimate of drug-likeness (QED) is 0.639. The number of rotatable bonds is 3. The number of carboxylic acid groups (broad SMARTS) is 1. The van der Waals surface area contributed by atoms with Gasteiger partial charge < -0.3 is 15.7 Å². The number of carbonyl (C=O) groups is 3. The van der Waals surface area contributed by atoms with Crippen LogP contribution in [0.15, 0.2) is 11.4 Å². The van der Waals surface area contributed by atoms with E-state index in [2.05, 4.69) is 16.0 Å². The summed E-state index contributed by atoms with van der Waals surface area (Å²) in [6, 6.07) is 0.649. The number of nitrogens with one attached hydrogen (secondary N) is 3. The van der Waals surface area contributed by atoms with Crippen molar-refractivity contribution in [2.24, 2.45) is 0 Å². The highest BCUT2D eigenvalue weighted by molar-refractivity contribution is 7.14. The summed E-state index contributed by atoms with van der Waals surface area (Å²) < 4.78 is 0. The maximum absolute atomic E-state index is 11.6. The van der Waals surface area contributed by atoms with Crippen LogP contribution in [-0.4, -0.2) is 35.6 Å². The van der Waals surface area contributed by atoms with Crippen LogP contribution >= 0.6 is 11.3 Å². The molecule has 4 N–H and O–H groups in total. The highest BCUT2D eigenvalue weighted by Gasteiger charge is 2.23. The number of hydrogen-bond acceptors (Lipinski definition) is 4. The zero-order valence-corrected chi connectivity index (χ0v) is 10.0. The van der Waals surface area contributed by atoms with E-state index in [0.717, 1.165) is 11.3 Å². The highest BCUT2D eigenvalue weighted by Crippen LogP contribution is 2.22.